The number of aliphatic hydroxyl groups is 1. The minimum atomic E-state index is -3.29. The first-order valence-corrected chi connectivity index (χ1v) is 10.00. The van der Waals surface area contributed by atoms with Crippen LogP contribution in [0.4, 0.5) is 0 Å². The molecule has 6 heteroatoms. The van der Waals surface area contributed by atoms with Gasteiger partial charge < -0.3 is 5.11 Å². The van der Waals surface area contributed by atoms with Crippen molar-refractivity contribution in [3.63, 3.8) is 0 Å². The van der Waals surface area contributed by atoms with Crippen LogP contribution in [0.2, 0.25) is 0 Å². The first kappa shape index (κ1) is 19.4. The van der Waals surface area contributed by atoms with Crippen LogP contribution in [0.25, 0.3) is 0 Å². The first-order chi connectivity index (χ1) is 11.0. The van der Waals surface area contributed by atoms with Crippen molar-refractivity contribution >= 4 is 10.0 Å². The lowest BCUT2D eigenvalue weighted by Gasteiger charge is -2.20. The van der Waals surface area contributed by atoms with Gasteiger partial charge in [-0.25, -0.2) is 12.7 Å². The van der Waals surface area contributed by atoms with Crippen molar-refractivity contribution in [3.05, 3.63) is 35.4 Å². The average Bonchev–Trinajstić information content (AvgIpc) is 2.77. The lowest BCUT2D eigenvalue weighted by atomic mass is 9.87. The van der Waals surface area contributed by atoms with Crippen molar-refractivity contribution in [2.24, 2.45) is 5.92 Å². The van der Waals surface area contributed by atoms with Crippen LogP contribution in [0.5, 0.6) is 0 Å². The van der Waals surface area contributed by atoms with Crippen molar-refractivity contribution in [1.29, 1.82) is 0 Å². The largest absolute Gasteiger partial charge is 0.391 e. The molecular formula is C18H30N2O3S. The summed E-state index contributed by atoms with van der Waals surface area (Å²) < 4.78 is 25.3. The number of sulfonamides is 1. The minimum Gasteiger partial charge on any atom is -0.391 e. The maximum atomic E-state index is 12.0. The van der Waals surface area contributed by atoms with E-state index in [9.17, 15) is 13.5 Å². The molecule has 2 rings (SSSR count). The van der Waals surface area contributed by atoms with Crippen LogP contribution in [-0.4, -0.2) is 61.8 Å². The molecule has 1 saturated heterocycles. The molecule has 5 nitrogen and oxygen atoms in total. The van der Waals surface area contributed by atoms with Gasteiger partial charge in [0, 0.05) is 39.6 Å². The molecule has 0 unspecified atom stereocenters. The predicted octanol–water partition coefficient (Wildman–Crippen LogP) is 1.67. The maximum Gasteiger partial charge on any atom is 0.214 e. The highest BCUT2D eigenvalue weighted by Crippen LogP contribution is 2.24. The Morgan fingerprint density at radius 2 is 1.75 bits per heavy atom. The molecule has 0 aliphatic carbocycles. The Balaban J connectivity index is 1.98. The summed E-state index contributed by atoms with van der Waals surface area (Å²) in [6, 6.07) is 8.54. The Morgan fingerprint density at radius 3 is 2.25 bits per heavy atom. The fourth-order valence-corrected chi connectivity index (χ4v) is 4.19. The molecule has 24 heavy (non-hydrogen) atoms. The molecule has 1 aliphatic heterocycles. The van der Waals surface area contributed by atoms with Crippen LogP contribution < -0.4 is 0 Å². The molecule has 136 valence electrons. The van der Waals surface area contributed by atoms with Gasteiger partial charge in [-0.05, 0) is 16.5 Å². The molecule has 0 saturated carbocycles. The van der Waals surface area contributed by atoms with E-state index in [2.05, 4.69) is 49.9 Å². The number of nitrogens with zero attached hydrogens (tertiary/aromatic N) is 2. The molecule has 0 radical (unpaired) electrons. The number of β-amino-alcohol motifs (C(OH)–C–C–N with tert-alkyl or cyclic N) is 1. The second-order valence-corrected chi connectivity index (χ2v) is 10.3. The van der Waals surface area contributed by atoms with E-state index >= 15 is 0 Å². The number of hydrogen-bond acceptors (Lipinski definition) is 4. The van der Waals surface area contributed by atoms with E-state index < -0.39 is 16.1 Å². The van der Waals surface area contributed by atoms with E-state index in [1.807, 2.05) is 0 Å². The van der Waals surface area contributed by atoms with Crippen LogP contribution in [0.15, 0.2) is 24.3 Å². The summed E-state index contributed by atoms with van der Waals surface area (Å²) in [6.07, 6.45) is -0.589. The van der Waals surface area contributed by atoms with E-state index in [-0.39, 0.29) is 17.1 Å². The molecule has 1 aliphatic rings. The van der Waals surface area contributed by atoms with Crippen LogP contribution in [0.3, 0.4) is 0 Å². The van der Waals surface area contributed by atoms with E-state index in [4.69, 9.17) is 0 Å². The number of rotatable bonds is 5. The standard InChI is InChI=1S/C18H30N2O3S/c1-18(2,3)16-8-6-14(7-9-16)10-20-11-15(17(21)12-20)13-24(22,23)19(4)5/h6-9,15,17,21H,10-13H2,1-5H3/t15-,17-/m0/s1. The Kier molecular flexibility index (Phi) is 5.75. The molecule has 1 aromatic rings. The molecule has 1 N–H and O–H groups in total. The zero-order chi connectivity index (χ0) is 18.1. The van der Waals surface area contributed by atoms with Gasteiger partial charge >= 0.3 is 0 Å². The van der Waals surface area contributed by atoms with Crippen LogP contribution in [0.1, 0.15) is 31.9 Å². The number of likely N-dealkylation sites (tertiary alicyclic amines) is 1. The smallest absolute Gasteiger partial charge is 0.214 e. The second-order valence-electron chi connectivity index (χ2n) is 8.03. The third-order valence-electron chi connectivity index (χ3n) is 4.69. The minimum absolute atomic E-state index is 0.000624. The highest BCUT2D eigenvalue weighted by atomic mass is 32.2. The third kappa shape index (κ3) is 4.79. The monoisotopic (exact) mass is 354 g/mol. The van der Waals surface area contributed by atoms with Crippen molar-refractivity contribution in [3.8, 4) is 0 Å². The van der Waals surface area contributed by atoms with Gasteiger partial charge in [-0.2, -0.15) is 0 Å². The summed E-state index contributed by atoms with van der Waals surface area (Å²) in [6.45, 7) is 8.43. The van der Waals surface area contributed by atoms with Gasteiger partial charge in [0.1, 0.15) is 0 Å². The van der Waals surface area contributed by atoms with Gasteiger partial charge in [-0.1, -0.05) is 45.0 Å². The number of benzene rings is 1. The molecule has 0 bridgehead atoms. The molecule has 2 atom stereocenters. The summed E-state index contributed by atoms with van der Waals surface area (Å²) in [5.74, 6) is -0.230. The fourth-order valence-electron chi connectivity index (χ4n) is 3.02. The van der Waals surface area contributed by atoms with Gasteiger partial charge in [0.15, 0.2) is 0 Å². The number of hydrogen-bond donors (Lipinski definition) is 1. The highest BCUT2D eigenvalue weighted by molar-refractivity contribution is 7.89. The second kappa shape index (κ2) is 7.12. The molecule has 1 heterocycles. The van der Waals surface area contributed by atoms with Crippen LogP contribution >= 0.6 is 0 Å². The van der Waals surface area contributed by atoms with Gasteiger partial charge in [-0.15, -0.1) is 0 Å². The molecule has 1 fully saturated rings. The normalized spacial score (nSPS) is 23.1. The Hall–Kier alpha value is -0.950. The topological polar surface area (TPSA) is 60.9 Å². The van der Waals surface area contributed by atoms with Crippen LogP contribution in [0, 0.1) is 5.92 Å². The predicted molar refractivity (Wildman–Crippen MR) is 97.4 cm³/mol. The summed E-state index contributed by atoms with van der Waals surface area (Å²) in [5.41, 5.74) is 2.61. The van der Waals surface area contributed by atoms with Crippen molar-refractivity contribution < 1.29 is 13.5 Å². The molecule has 0 spiro atoms. The van der Waals surface area contributed by atoms with E-state index in [1.165, 1.54) is 29.5 Å². The summed E-state index contributed by atoms with van der Waals surface area (Å²) in [7, 11) is -0.220. The van der Waals surface area contributed by atoms with Crippen LogP contribution in [-0.2, 0) is 22.0 Å². The number of aliphatic hydroxyl groups excluding tert-OH is 1. The molecule has 0 aromatic heterocycles. The van der Waals surface area contributed by atoms with Gasteiger partial charge in [0.25, 0.3) is 0 Å². The lowest BCUT2D eigenvalue weighted by Crippen LogP contribution is -2.33. The van der Waals surface area contributed by atoms with E-state index in [1.54, 1.807) is 0 Å². The van der Waals surface area contributed by atoms with Gasteiger partial charge in [0.05, 0.1) is 11.9 Å². The van der Waals surface area contributed by atoms with Gasteiger partial charge in [0.2, 0.25) is 10.0 Å². The van der Waals surface area contributed by atoms with Crippen molar-refractivity contribution in [1.82, 2.24) is 9.21 Å². The average molecular weight is 355 g/mol. The zero-order valence-corrected chi connectivity index (χ0v) is 16.2. The summed E-state index contributed by atoms with van der Waals surface area (Å²) in [5, 5.41) is 10.2. The SMILES string of the molecule is CN(C)S(=O)(=O)C[C@@H]1CN(Cc2ccc(C(C)(C)C)cc2)C[C@@H]1O. The van der Waals surface area contributed by atoms with E-state index in [0.29, 0.717) is 13.1 Å². The maximum absolute atomic E-state index is 12.0. The molecule has 0 amide bonds. The Labute approximate surface area is 146 Å². The van der Waals surface area contributed by atoms with Crippen molar-refractivity contribution in [2.45, 2.75) is 38.8 Å². The quantitative estimate of drug-likeness (QED) is 0.874. The van der Waals surface area contributed by atoms with Crippen molar-refractivity contribution in [2.75, 3.05) is 32.9 Å². The Bertz CT molecular complexity index is 648. The molecular weight excluding hydrogens is 324 g/mol. The van der Waals surface area contributed by atoms with Gasteiger partial charge in [-0.3, -0.25) is 4.90 Å². The highest BCUT2D eigenvalue weighted by Gasteiger charge is 2.35. The fraction of sp³-hybridized carbons (Fsp3) is 0.667. The summed E-state index contributed by atoms with van der Waals surface area (Å²) in [4.78, 5) is 2.13. The Morgan fingerprint density at radius 1 is 1.17 bits per heavy atom. The third-order valence-corrected chi connectivity index (χ3v) is 6.65. The zero-order valence-electron chi connectivity index (χ0n) is 15.4. The summed E-state index contributed by atoms with van der Waals surface area (Å²) >= 11 is 0. The van der Waals surface area contributed by atoms with E-state index in [0.717, 1.165) is 6.54 Å². The molecule has 1 aromatic carbocycles. The first-order valence-electron chi connectivity index (χ1n) is 8.39. The lowest BCUT2D eigenvalue weighted by molar-refractivity contribution is 0.148.